The highest BCUT2D eigenvalue weighted by molar-refractivity contribution is 7.90. The fraction of sp³-hybridized carbons (Fsp3) is 0.200. The largest absolute Gasteiger partial charge is 0.493 e. The van der Waals surface area contributed by atoms with Crippen LogP contribution in [-0.2, 0) is 10.0 Å². The van der Waals surface area contributed by atoms with Crippen LogP contribution in [0.25, 0.3) is 0 Å². The van der Waals surface area contributed by atoms with Gasteiger partial charge in [-0.25, -0.2) is 4.79 Å². The van der Waals surface area contributed by atoms with Gasteiger partial charge in [-0.2, -0.15) is 8.42 Å². The van der Waals surface area contributed by atoms with E-state index >= 15 is 0 Å². The Bertz CT molecular complexity index is 1190. The SMILES string of the molecule is COc1cc(C(=O)Oc2cc(N)n(S(=O)(=O)c3ccc(C)cc3)n2)cc(OC)c1OC. The van der Waals surface area contributed by atoms with Gasteiger partial charge in [0, 0.05) is 6.07 Å². The maximum absolute atomic E-state index is 12.8. The van der Waals surface area contributed by atoms with Crippen LogP contribution in [-0.4, -0.2) is 44.9 Å². The maximum atomic E-state index is 12.8. The number of hydrogen-bond acceptors (Lipinski definition) is 9. The van der Waals surface area contributed by atoms with Crippen molar-refractivity contribution < 1.29 is 32.2 Å². The Kier molecular flexibility index (Phi) is 6.07. The van der Waals surface area contributed by atoms with E-state index in [9.17, 15) is 13.2 Å². The minimum Gasteiger partial charge on any atom is -0.493 e. The molecule has 3 aromatic rings. The molecule has 0 atom stereocenters. The zero-order valence-electron chi connectivity index (χ0n) is 17.3. The summed E-state index contributed by atoms with van der Waals surface area (Å²) in [6, 6.07) is 10.1. The first-order valence-electron chi connectivity index (χ1n) is 8.91. The van der Waals surface area contributed by atoms with Crippen LogP contribution >= 0.6 is 0 Å². The molecule has 3 rings (SSSR count). The number of carbonyl (C=O) groups is 1. The topological polar surface area (TPSA) is 132 Å². The van der Waals surface area contributed by atoms with Gasteiger partial charge in [0.05, 0.1) is 31.8 Å². The van der Waals surface area contributed by atoms with Crippen molar-refractivity contribution in [1.82, 2.24) is 9.19 Å². The van der Waals surface area contributed by atoms with E-state index in [2.05, 4.69) is 5.10 Å². The summed E-state index contributed by atoms with van der Waals surface area (Å²) in [5.74, 6) is -0.516. The molecule has 0 amide bonds. The van der Waals surface area contributed by atoms with E-state index in [4.69, 9.17) is 24.7 Å². The number of hydrogen-bond donors (Lipinski definition) is 1. The van der Waals surface area contributed by atoms with Crippen molar-refractivity contribution in [2.24, 2.45) is 0 Å². The van der Waals surface area contributed by atoms with Crippen LogP contribution in [0.2, 0.25) is 0 Å². The second-order valence-electron chi connectivity index (χ2n) is 6.37. The van der Waals surface area contributed by atoms with E-state index in [0.29, 0.717) is 9.84 Å². The Labute approximate surface area is 179 Å². The Morgan fingerprint density at radius 1 is 0.968 bits per heavy atom. The van der Waals surface area contributed by atoms with Gasteiger partial charge in [-0.1, -0.05) is 17.7 Å². The Morgan fingerprint density at radius 2 is 1.55 bits per heavy atom. The fourth-order valence-corrected chi connectivity index (χ4v) is 3.96. The molecular weight excluding hydrogens is 426 g/mol. The van der Waals surface area contributed by atoms with Crippen molar-refractivity contribution in [3.05, 3.63) is 53.6 Å². The number of methoxy groups -OCH3 is 3. The molecule has 0 spiro atoms. The van der Waals surface area contributed by atoms with Gasteiger partial charge in [0.15, 0.2) is 11.5 Å². The van der Waals surface area contributed by atoms with E-state index in [1.807, 2.05) is 6.92 Å². The fourth-order valence-electron chi connectivity index (χ4n) is 2.76. The highest BCUT2D eigenvalue weighted by Crippen LogP contribution is 2.38. The average molecular weight is 447 g/mol. The molecule has 0 unspecified atom stereocenters. The van der Waals surface area contributed by atoms with E-state index in [1.54, 1.807) is 12.1 Å². The van der Waals surface area contributed by atoms with Gasteiger partial charge in [0.25, 0.3) is 10.0 Å². The summed E-state index contributed by atoms with van der Waals surface area (Å²) in [6.45, 7) is 1.83. The van der Waals surface area contributed by atoms with Crippen LogP contribution in [0.1, 0.15) is 15.9 Å². The monoisotopic (exact) mass is 447 g/mol. The first-order valence-corrected chi connectivity index (χ1v) is 10.3. The Hall–Kier alpha value is -3.73. The van der Waals surface area contributed by atoms with Gasteiger partial charge in [-0.05, 0) is 31.2 Å². The lowest BCUT2D eigenvalue weighted by Gasteiger charge is -2.13. The van der Waals surface area contributed by atoms with Gasteiger partial charge < -0.3 is 24.7 Å². The smallest absolute Gasteiger partial charge is 0.345 e. The number of esters is 1. The van der Waals surface area contributed by atoms with E-state index in [0.717, 1.165) is 11.6 Å². The van der Waals surface area contributed by atoms with Crippen molar-refractivity contribution in [2.75, 3.05) is 27.1 Å². The minimum atomic E-state index is -4.06. The standard InChI is InChI=1S/C20H21N3O7S/c1-12-5-7-14(8-6-12)31(25,26)23-17(21)11-18(22-23)30-20(24)13-9-15(27-2)19(29-4)16(10-13)28-3/h5-11H,21H2,1-4H3. The predicted molar refractivity (Wildman–Crippen MR) is 111 cm³/mol. The molecule has 0 aliphatic heterocycles. The summed E-state index contributed by atoms with van der Waals surface area (Å²) in [7, 11) is 0.184. The second kappa shape index (κ2) is 8.56. The summed E-state index contributed by atoms with van der Waals surface area (Å²) in [4.78, 5) is 12.6. The summed E-state index contributed by atoms with van der Waals surface area (Å²) in [5, 5.41) is 3.84. The Balaban J connectivity index is 1.91. The van der Waals surface area contributed by atoms with E-state index in [1.165, 1.54) is 45.6 Å². The summed E-state index contributed by atoms with van der Waals surface area (Å²) in [5.41, 5.74) is 6.78. The van der Waals surface area contributed by atoms with Crippen molar-refractivity contribution in [2.45, 2.75) is 11.8 Å². The normalized spacial score (nSPS) is 11.1. The quantitative estimate of drug-likeness (QED) is 0.542. The molecule has 164 valence electrons. The molecular formula is C20H21N3O7S. The summed E-state index contributed by atoms with van der Waals surface area (Å²) in [6.07, 6.45) is 0. The third-order valence-electron chi connectivity index (χ3n) is 4.33. The van der Waals surface area contributed by atoms with Gasteiger partial charge in [0.1, 0.15) is 5.82 Å². The van der Waals surface area contributed by atoms with E-state index in [-0.39, 0.29) is 33.7 Å². The highest BCUT2D eigenvalue weighted by atomic mass is 32.2. The number of ether oxygens (including phenoxy) is 4. The maximum Gasteiger partial charge on any atom is 0.345 e. The van der Waals surface area contributed by atoms with Crippen molar-refractivity contribution in [3.63, 3.8) is 0 Å². The summed E-state index contributed by atoms with van der Waals surface area (Å²) < 4.78 is 47.1. The number of rotatable bonds is 7. The Morgan fingerprint density at radius 3 is 2.06 bits per heavy atom. The molecule has 1 aromatic heterocycles. The number of aromatic nitrogens is 2. The molecule has 0 fully saturated rings. The van der Waals surface area contributed by atoms with Crippen molar-refractivity contribution in [1.29, 1.82) is 0 Å². The van der Waals surface area contributed by atoms with Gasteiger partial charge in [-0.15, -0.1) is 9.19 Å². The van der Waals surface area contributed by atoms with Gasteiger partial charge in [0.2, 0.25) is 11.6 Å². The third-order valence-corrected chi connectivity index (χ3v) is 5.94. The first kappa shape index (κ1) is 22.0. The lowest BCUT2D eigenvalue weighted by atomic mass is 10.2. The molecule has 0 bridgehead atoms. The molecule has 2 aromatic carbocycles. The van der Waals surface area contributed by atoms with Crippen molar-refractivity contribution in [3.8, 4) is 23.1 Å². The number of benzene rings is 2. The molecule has 0 aliphatic rings. The van der Waals surface area contributed by atoms with Crippen LogP contribution in [0.3, 0.4) is 0 Å². The number of nitrogens with zero attached hydrogens (tertiary/aromatic N) is 2. The van der Waals surface area contributed by atoms with Crippen LogP contribution in [0, 0.1) is 6.92 Å². The number of anilines is 1. The van der Waals surface area contributed by atoms with Crippen LogP contribution in [0.4, 0.5) is 5.82 Å². The van der Waals surface area contributed by atoms with Gasteiger partial charge in [-0.3, -0.25) is 0 Å². The van der Waals surface area contributed by atoms with E-state index < -0.39 is 16.0 Å². The molecule has 2 N–H and O–H groups in total. The molecule has 0 saturated heterocycles. The molecule has 0 aliphatic carbocycles. The lowest BCUT2D eigenvalue weighted by molar-refractivity contribution is 0.0726. The molecule has 1 heterocycles. The summed E-state index contributed by atoms with van der Waals surface area (Å²) >= 11 is 0. The predicted octanol–water partition coefficient (Wildman–Crippen LogP) is 2.26. The zero-order chi connectivity index (χ0) is 22.8. The number of aryl methyl sites for hydroxylation is 1. The average Bonchev–Trinajstić information content (AvgIpc) is 3.13. The van der Waals surface area contributed by atoms with Crippen LogP contribution in [0.15, 0.2) is 47.4 Å². The molecule has 0 saturated carbocycles. The van der Waals surface area contributed by atoms with Crippen LogP contribution in [0.5, 0.6) is 23.1 Å². The highest BCUT2D eigenvalue weighted by Gasteiger charge is 2.24. The number of nitrogens with two attached hydrogens (primary N) is 1. The molecule has 11 heteroatoms. The second-order valence-corrected chi connectivity index (χ2v) is 8.14. The van der Waals surface area contributed by atoms with Crippen molar-refractivity contribution >= 4 is 21.8 Å². The minimum absolute atomic E-state index is 0.00426. The molecule has 31 heavy (non-hydrogen) atoms. The molecule has 0 radical (unpaired) electrons. The number of carbonyl (C=O) groups excluding carboxylic acids is 1. The lowest BCUT2D eigenvalue weighted by Crippen LogP contribution is -2.17. The third kappa shape index (κ3) is 4.26. The van der Waals surface area contributed by atoms with Gasteiger partial charge >= 0.3 is 5.97 Å². The van der Waals surface area contributed by atoms with Crippen LogP contribution < -0.4 is 24.7 Å². The number of nitrogen functional groups attached to an aromatic ring is 1. The molecule has 10 nitrogen and oxygen atoms in total. The zero-order valence-corrected chi connectivity index (χ0v) is 18.1. The first-order chi connectivity index (χ1) is 14.7.